The Kier molecular flexibility index (Phi) is 6.68. The lowest BCUT2D eigenvalue weighted by Gasteiger charge is -2.17. The fourth-order valence-corrected chi connectivity index (χ4v) is 2.45. The molecule has 26 heavy (non-hydrogen) atoms. The second-order valence-corrected chi connectivity index (χ2v) is 5.87. The van der Waals surface area contributed by atoms with Gasteiger partial charge in [0.1, 0.15) is 5.75 Å². The van der Waals surface area contributed by atoms with E-state index < -0.39 is 0 Å². The number of nitrogens with one attached hydrogen (secondary N) is 2. The smallest absolute Gasteiger partial charge is 0.261 e. The number of anilines is 2. The molecular weight excluding hydrogens is 350 g/mol. The van der Waals surface area contributed by atoms with Crippen LogP contribution >= 0.6 is 12.2 Å². The molecule has 0 spiro atoms. The van der Waals surface area contributed by atoms with Gasteiger partial charge in [-0.3, -0.25) is 14.9 Å². The molecule has 0 unspecified atom stereocenters. The number of nitrogens with zero attached hydrogens (tertiary/aromatic N) is 1. The van der Waals surface area contributed by atoms with Gasteiger partial charge < -0.3 is 15.0 Å². The van der Waals surface area contributed by atoms with Crippen molar-refractivity contribution in [2.24, 2.45) is 0 Å². The summed E-state index contributed by atoms with van der Waals surface area (Å²) in [7, 11) is 1.69. The molecule has 0 fully saturated rings. The number of rotatable bonds is 5. The van der Waals surface area contributed by atoms with Crippen molar-refractivity contribution < 1.29 is 14.3 Å². The first-order chi connectivity index (χ1) is 12.4. The average Bonchev–Trinajstić information content (AvgIpc) is 2.61. The highest BCUT2D eigenvalue weighted by molar-refractivity contribution is 7.80. The van der Waals surface area contributed by atoms with Crippen LogP contribution in [0.5, 0.6) is 5.75 Å². The second kappa shape index (κ2) is 8.96. The van der Waals surface area contributed by atoms with E-state index in [1.165, 1.54) is 11.8 Å². The Hall–Kier alpha value is -2.93. The van der Waals surface area contributed by atoms with Gasteiger partial charge in [-0.25, -0.2) is 0 Å². The number of amides is 2. The molecule has 2 aromatic rings. The lowest BCUT2D eigenvalue weighted by molar-refractivity contribution is -0.116. The Morgan fingerprint density at radius 1 is 1.15 bits per heavy atom. The number of hydrogen-bond acceptors (Lipinski definition) is 4. The van der Waals surface area contributed by atoms with Gasteiger partial charge >= 0.3 is 0 Å². The minimum atomic E-state index is -0.358. The van der Waals surface area contributed by atoms with Crippen molar-refractivity contribution >= 4 is 40.5 Å². The molecule has 0 heterocycles. The number of para-hydroxylation sites is 1. The number of carbonyl (C=O) groups excluding carboxylic acids is 2. The minimum absolute atomic E-state index is 0.0782. The van der Waals surface area contributed by atoms with E-state index in [4.69, 9.17) is 17.0 Å². The summed E-state index contributed by atoms with van der Waals surface area (Å²) in [5, 5.41) is 5.74. The maximum Gasteiger partial charge on any atom is 0.261 e. The molecule has 136 valence electrons. The van der Waals surface area contributed by atoms with Gasteiger partial charge in [0.15, 0.2) is 5.11 Å². The number of thiocarbonyl (C=S) groups is 1. The van der Waals surface area contributed by atoms with E-state index in [9.17, 15) is 9.59 Å². The van der Waals surface area contributed by atoms with Crippen molar-refractivity contribution in [2.75, 3.05) is 23.9 Å². The molecule has 2 N–H and O–H groups in total. The molecule has 6 nitrogen and oxygen atoms in total. The Bertz CT molecular complexity index is 823. The lowest BCUT2D eigenvalue weighted by Crippen LogP contribution is -2.34. The monoisotopic (exact) mass is 371 g/mol. The van der Waals surface area contributed by atoms with Gasteiger partial charge in [-0.2, -0.15) is 0 Å². The van der Waals surface area contributed by atoms with Crippen LogP contribution in [0, 0.1) is 0 Å². The van der Waals surface area contributed by atoms with Crippen LogP contribution in [-0.4, -0.2) is 30.6 Å². The van der Waals surface area contributed by atoms with Crippen LogP contribution in [0.3, 0.4) is 0 Å². The summed E-state index contributed by atoms with van der Waals surface area (Å²) < 4.78 is 5.46. The van der Waals surface area contributed by atoms with Crippen LogP contribution in [0.25, 0.3) is 0 Å². The minimum Gasteiger partial charge on any atom is -0.493 e. The van der Waals surface area contributed by atoms with Crippen molar-refractivity contribution in [2.45, 2.75) is 13.8 Å². The summed E-state index contributed by atoms with van der Waals surface area (Å²) in [6.45, 7) is 3.80. The van der Waals surface area contributed by atoms with E-state index in [1.807, 2.05) is 13.0 Å². The van der Waals surface area contributed by atoms with E-state index in [2.05, 4.69) is 10.6 Å². The Morgan fingerprint density at radius 3 is 2.58 bits per heavy atom. The quantitative estimate of drug-likeness (QED) is 0.790. The standard InChI is InChI=1S/C19H21N3O3S/c1-4-25-17-11-6-5-10-16(17)18(24)21-19(26)20-14-8-7-9-15(12-14)22(3)13(2)23/h5-12H,4H2,1-3H3,(H2,20,21,24,26). The Morgan fingerprint density at radius 2 is 1.88 bits per heavy atom. The molecular formula is C19H21N3O3S. The van der Waals surface area contributed by atoms with E-state index >= 15 is 0 Å². The predicted octanol–water partition coefficient (Wildman–Crippen LogP) is 3.19. The van der Waals surface area contributed by atoms with Gasteiger partial charge in [-0.1, -0.05) is 18.2 Å². The summed E-state index contributed by atoms with van der Waals surface area (Å²) in [6.07, 6.45) is 0. The third kappa shape index (κ3) is 5.03. The van der Waals surface area contributed by atoms with Gasteiger partial charge in [0.25, 0.3) is 5.91 Å². The highest BCUT2D eigenvalue weighted by atomic mass is 32.1. The second-order valence-electron chi connectivity index (χ2n) is 5.47. The van der Waals surface area contributed by atoms with E-state index in [1.54, 1.807) is 49.5 Å². The fraction of sp³-hybridized carbons (Fsp3) is 0.211. The predicted molar refractivity (Wildman–Crippen MR) is 107 cm³/mol. The normalized spacial score (nSPS) is 9.96. The van der Waals surface area contributed by atoms with Gasteiger partial charge in [0, 0.05) is 25.3 Å². The molecule has 2 amide bonds. The topological polar surface area (TPSA) is 70.7 Å². The molecule has 7 heteroatoms. The number of carbonyl (C=O) groups is 2. The fourth-order valence-electron chi connectivity index (χ4n) is 2.24. The molecule has 0 aromatic heterocycles. The molecule has 0 aliphatic heterocycles. The molecule has 0 radical (unpaired) electrons. The molecule has 0 aliphatic carbocycles. The number of hydrogen-bond donors (Lipinski definition) is 2. The zero-order valence-corrected chi connectivity index (χ0v) is 15.7. The van der Waals surface area contributed by atoms with Crippen molar-refractivity contribution in [1.82, 2.24) is 5.32 Å². The van der Waals surface area contributed by atoms with Gasteiger partial charge in [-0.15, -0.1) is 0 Å². The van der Waals surface area contributed by atoms with Crippen LogP contribution in [0.4, 0.5) is 11.4 Å². The van der Waals surface area contributed by atoms with Gasteiger partial charge in [-0.05, 0) is 49.5 Å². The molecule has 0 bridgehead atoms. The third-order valence-electron chi connectivity index (χ3n) is 3.62. The molecule has 0 atom stereocenters. The van der Waals surface area contributed by atoms with Crippen LogP contribution in [-0.2, 0) is 4.79 Å². The largest absolute Gasteiger partial charge is 0.493 e. The summed E-state index contributed by atoms with van der Waals surface area (Å²) >= 11 is 5.22. The summed E-state index contributed by atoms with van der Waals surface area (Å²) in [4.78, 5) is 25.4. The first-order valence-corrected chi connectivity index (χ1v) is 8.51. The van der Waals surface area contributed by atoms with Crippen molar-refractivity contribution in [3.05, 3.63) is 54.1 Å². The maximum atomic E-state index is 12.4. The van der Waals surface area contributed by atoms with Crippen LogP contribution in [0.15, 0.2) is 48.5 Å². The van der Waals surface area contributed by atoms with Gasteiger partial charge in [0.2, 0.25) is 5.91 Å². The van der Waals surface area contributed by atoms with Crippen molar-refractivity contribution in [3.63, 3.8) is 0 Å². The Labute approximate surface area is 158 Å². The number of ether oxygens (including phenoxy) is 1. The SMILES string of the molecule is CCOc1ccccc1C(=O)NC(=S)Nc1cccc(N(C)C(C)=O)c1. The van der Waals surface area contributed by atoms with Gasteiger partial charge in [0.05, 0.1) is 12.2 Å². The summed E-state index contributed by atoms with van der Waals surface area (Å²) in [6, 6.07) is 14.1. The molecule has 2 aromatic carbocycles. The summed E-state index contributed by atoms with van der Waals surface area (Å²) in [5.41, 5.74) is 1.79. The highest BCUT2D eigenvalue weighted by Gasteiger charge is 2.13. The number of benzene rings is 2. The zero-order chi connectivity index (χ0) is 19.1. The van der Waals surface area contributed by atoms with E-state index in [-0.39, 0.29) is 16.9 Å². The molecule has 0 aliphatic rings. The van der Waals surface area contributed by atoms with Crippen LogP contribution in [0.2, 0.25) is 0 Å². The summed E-state index contributed by atoms with van der Waals surface area (Å²) in [5.74, 6) is 0.0644. The third-order valence-corrected chi connectivity index (χ3v) is 3.83. The van der Waals surface area contributed by atoms with Crippen LogP contribution in [0.1, 0.15) is 24.2 Å². The first kappa shape index (κ1) is 19.4. The lowest BCUT2D eigenvalue weighted by atomic mass is 10.2. The zero-order valence-electron chi connectivity index (χ0n) is 14.9. The first-order valence-electron chi connectivity index (χ1n) is 8.11. The Balaban J connectivity index is 2.06. The molecule has 0 saturated carbocycles. The molecule has 2 rings (SSSR count). The molecule has 0 saturated heterocycles. The van der Waals surface area contributed by atoms with Crippen molar-refractivity contribution in [1.29, 1.82) is 0 Å². The average molecular weight is 371 g/mol. The van der Waals surface area contributed by atoms with E-state index in [0.717, 1.165) is 5.69 Å². The maximum absolute atomic E-state index is 12.4. The highest BCUT2D eigenvalue weighted by Crippen LogP contribution is 2.19. The van der Waals surface area contributed by atoms with Crippen molar-refractivity contribution in [3.8, 4) is 5.75 Å². The van der Waals surface area contributed by atoms with Crippen LogP contribution < -0.4 is 20.3 Å². The van der Waals surface area contributed by atoms with E-state index in [0.29, 0.717) is 23.6 Å².